The van der Waals surface area contributed by atoms with Gasteiger partial charge in [0.15, 0.2) is 0 Å². The molecule has 0 unspecified atom stereocenters. The maximum atomic E-state index is 12.0. The average molecular weight is 405 g/mol. The van der Waals surface area contributed by atoms with E-state index in [2.05, 4.69) is 26.1 Å². The Morgan fingerprint density at radius 3 is 2.72 bits per heavy atom. The number of carbonyl (C=O) groups excluding carboxylic acids is 1. The van der Waals surface area contributed by atoms with Gasteiger partial charge in [0.2, 0.25) is 5.88 Å². The standard InChI is InChI=1S/C18H17BrN2O4/c1-23-12-16(18(22)24-2)15-6-4-3-5-13(15)9-10-21-25-17-8-7-14(19)11-20-17/h3-8,10-12H,9H2,1-2H3/b16-12+,21-10?. The molecule has 2 rings (SSSR count). The van der Waals surface area contributed by atoms with Gasteiger partial charge in [-0.15, -0.1) is 0 Å². The first-order chi connectivity index (χ1) is 12.2. The first kappa shape index (κ1) is 18.7. The van der Waals surface area contributed by atoms with Crippen LogP contribution in [-0.2, 0) is 20.7 Å². The summed E-state index contributed by atoms with van der Waals surface area (Å²) in [5, 5.41) is 3.91. The molecule has 0 saturated carbocycles. The van der Waals surface area contributed by atoms with Crippen molar-refractivity contribution in [2.75, 3.05) is 14.2 Å². The molecule has 0 fully saturated rings. The average Bonchev–Trinajstić information content (AvgIpc) is 2.64. The molecule has 1 aromatic heterocycles. The predicted octanol–water partition coefficient (Wildman–Crippen LogP) is 3.61. The lowest BCUT2D eigenvalue weighted by atomic mass is 9.99. The number of hydrogen-bond acceptors (Lipinski definition) is 6. The largest absolute Gasteiger partial charge is 0.503 e. The lowest BCUT2D eigenvalue weighted by Gasteiger charge is -2.10. The number of ether oxygens (including phenoxy) is 2. The molecular formula is C18H17BrN2O4. The first-order valence-electron chi connectivity index (χ1n) is 7.35. The summed E-state index contributed by atoms with van der Waals surface area (Å²) in [6.07, 6.45) is 5.05. The fourth-order valence-electron chi connectivity index (χ4n) is 2.05. The molecule has 2 aromatic rings. The quantitative estimate of drug-likeness (QED) is 0.231. The zero-order chi connectivity index (χ0) is 18.1. The Kier molecular flexibility index (Phi) is 7.16. The highest BCUT2D eigenvalue weighted by Crippen LogP contribution is 2.21. The van der Waals surface area contributed by atoms with Gasteiger partial charge in [0.05, 0.1) is 20.5 Å². The van der Waals surface area contributed by atoms with Crippen molar-refractivity contribution in [2.45, 2.75) is 6.42 Å². The van der Waals surface area contributed by atoms with E-state index in [0.717, 1.165) is 10.0 Å². The molecule has 1 aromatic carbocycles. The Labute approximate surface area is 154 Å². The Balaban J connectivity index is 2.12. The van der Waals surface area contributed by atoms with Gasteiger partial charge in [-0.25, -0.2) is 9.78 Å². The van der Waals surface area contributed by atoms with Gasteiger partial charge < -0.3 is 14.3 Å². The third-order valence-electron chi connectivity index (χ3n) is 3.18. The van der Waals surface area contributed by atoms with E-state index in [9.17, 15) is 4.79 Å². The number of aromatic nitrogens is 1. The molecule has 7 heteroatoms. The number of benzene rings is 1. The van der Waals surface area contributed by atoms with Crippen molar-refractivity contribution < 1.29 is 19.1 Å². The number of carbonyl (C=O) groups is 1. The number of methoxy groups -OCH3 is 2. The molecule has 0 aliphatic heterocycles. The van der Waals surface area contributed by atoms with Crippen LogP contribution >= 0.6 is 15.9 Å². The van der Waals surface area contributed by atoms with Gasteiger partial charge in [0.25, 0.3) is 0 Å². The summed E-state index contributed by atoms with van der Waals surface area (Å²) in [6.45, 7) is 0. The van der Waals surface area contributed by atoms with Gasteiger partial charge in [-0.05, 0) is 33.1 Å². The summed E-state index contributed by atoms with van der Waals surface area (Å²) in [7, 11) is 2.81. The fourth-order valence-corrected chi connectivity index (χ4v) is 2.29. The van der Waals surface area contributed by atoms with Crippen LogP contribution in [0.5, 0.6) is 5.88 Å². The topological polar surface area (TPSA) is 70.0 Å². The summed E-state index contributed by atoms with van der Waals surface area (Å²) in [5.74, 6) is -0.0798. The van der Waals surface area contributed by atoms with E-state index in [-0.39, 0.29) is 0 Å². The number of rotatable bonds is 7. The summed E-state index contributed by atoms with van der Waals surface area (Å²) >= 11 is 3.30. The first-order valence-corrected chi connectivity index (χ1v) is 8.15. The molecule has 0 spiro atoms. The van der Waals surface area contributed by atoms with E-state index in [0.29, 0.717) is 23.4 Å². The van der Waals surface area contributed by atoms with Crippen molar-refractivity contribution in [1.29, 1.82) is 0 Å². The van der Waals surface area contributed by atoms with Gasteiger partial charge in [-0.2, -0.15) is 0 Å². The molecule has 0 radical (unpaired) electrons. The van der Waals surface area contributed by atoms with Crippen LogP contribution in [0.3, 0.4) is 0 Å². The van der Waals surface area contributed by atoms with Crippen LogP contribution in [-0.4, -0.2) is 31.4 Å². The maximum absolute atomic E-state index is 12.0. The zero-order valence-corrected chi connectivity index (χ0v) is 15.4. The van der Waals surface area contributed by atoms with Gasteiger partial charge in [0, 0.05) is 29.4 Å². The van der Waals surface area contributed by atoms with Crippen molar-refractivity contribution in [1.82, 2.24) is 4.98 Å². The second-order valence-electron chi connectivity index (χ2n) is 4.81. The Hall–Kier alpha value is -2.67. The van der Waals surface area contributed by atoms with E-state index in [1.807, 2.05) is 30.3 Å². The van der Waals surface area contributed by atoms with Crippen LogP contribution in [0.15, 0.2) is 58.5 Å². The fraction of sp³-hybridized carbons (Fsp3) is 0.167. The molecular weight excluding hydrogens is 388 g/mol. The molecule has 0 atom stereocenters. The van der Waals surface area contributed by atoms with Crippen LogP contribution in [0.1, 0.15) is 11.1 Å². The van der Waals surface area contributed by atoms with E-state index < -0.39 is 5.97 Å². The molecule has 0 saturated heterocycles. The molecule has 6 nitrogen and oxygen atoms in total. The minimum Gasteiger partial charge on any atom is -0.503 e. The second kappa shape index (κ2) is 9.58. The van der Waals surface area contributed by atoms with Gasteiger partial charge in [-0.3, -0.25) is 0 Å². The number of halogens is 1. The highest BCUT2D eigenvalue weighted by molar-refractivity contribution is 9.10. The molecule has 0 bridgehead atoms. The lowest BCUT2D eigenvalue weighted by Crippen LogP contribution is -2.07. The molecule has 1 heterocycles. The van der Waals surface area contributed by atoms with Crippen LogP contribution in [0.2, 0.25) is 0 Å². The smallest absolute Gasteiger partial charge is 0.341 e. The SMILES string of the molecule is CO/C=C(/C(=O)OC)c1ccccc1CC=NOc1ccc(Br)cn1. The van der Waals surface area contributed by atoms with Crippen LogP contribution in [0.4, 0.5) is 0 Å². The zero-order valence-electron chi connectivity index (χ0n) is 13.8. The number of oxime groups is 1. The van der Waals surface area contributed by atoms with Gasteiger partial charge in [0.1, 0.15) is 5.57 Å². The highest BCUT2D eigenvalue weighted by Gasteiger charge is 2.16. The maximum Gasteiger partial charge on any atom is 0.341 e. The van der Waals surface area contributed by atoms with E-state index in [4.69, 9.17) is 14.3 Å². The Bertz CT molecular complexity index is 773. The molecule has 25 heavy (non-hydrogen) atoms. The van der Waals surface area contributed by atoms with Crippen molar-refractivity contribution in [3.8, 4) is 5.88 Å². The van der Waals surface area contributed by atoms with E-state index >= 15 is 0 Å². The third-order valence-corrected chi connectivity index (χ3v) is 3.65. The highest BCUT2D eigenvalue weighted by atomic mass is 79.9. The minimum absolute atomic E-state index is 0.337. The summed E-state index contributed by atoms with van der Waals surface area (Å²) in [5.41, 5.74) is 1.93. The number of nitrogens with zero attached hydrogens (tertiary/aromatic N) is 2. The number of hydrogen-bond donors (Lipinski definition) is 0. The monoisotopic (exact) mass is 404 g/mol. The van der Waals surface area contributed by atoms with Crippen molar-refractivity contribution in [2.24, 2.45) is 5.16 Å². The Morgan fingerprint density at radius 2 is 2.04 bits per heavy atom. The van der Waals surface area contributed by atoms with Gasteiger partial charge >= 0.3 is 5.97 Å². The van der Waals surface area contributed by atoms with Crippen LogP contribution in [0, 0.1) is 0 Å². The van der Waals surface area contributed by atoms with E-state index in [1.54, 1.807) is 18.5 Å². The van der Waals surface area contributed by atoms with Crippen LogP contribution < -0.4 is 4.84 Å². The van der Waals surface area contributed by atoms with E-state index in [1.165, 1.54) is 20.5 Å². The molecule has 130 valence electrons. The molecule has 0 aliphatic carbocycles. The number of esters is 1. The summed E-state index contributed by atoms with van der Waals surface area (Å²) in [4.78, 5) is 21.2. The van der Waals surface area contributed by atoms with Crippen molar-refractivity contribution in [3.63, 3.8) is 0 Å². The molecule has 0 N–H and O–H groups in total. The Morgan fingerprint density at radius 1 is 1.24 bits per heavy atom. The van der Waals surface area contributed by atoms with Crippen molar-refractivity contribution in [3.05, 3.63) is 64.5 Å². The predicted molar refractivity (Wildman–Crippen MR) is 98.2 cm³/mol. The normalized spacial score (nSPS) is 11.4. The van der Waals surface area contributed by atoms with Crippen molar-refractivity contribution >= 4 is 33.7 Å². The van der Waals surface area contributed by atoms with Crippen LogP contribution in [0.25, 0.3) is 5.57 Å². The minimum atomic E-state index is -0.471. The molecule has 0 aliphatic rings. The van der Waals surface area contributed by atoms with Gasteiger partial charge in [-0.1, -0.05) is 29.4 Å². The summed E-state index contributed by atoms with van der Waals surface area (Å²) < 4.78 is 10.7. The second-order valence-corrected chi connectivity index (χ2v) is 5.73. The third kappa shape index (κ3) is 5.42. The lowest BCUT2D eigenvalue weighted by molar-refractivity contribution is -0.133. The molecule has 0 amide bonds. The number of pyridine rings is 1. The summed E-state index contributed by atoms with van der Waals surface area (Å²) in [6, 6.07) is 10.9.